The summed E-state index contributed by atoms with van der Waals surface area (Å²) in [6, 6.07) is 14.0. The summed E-state index contributed by atoms with van der Waals surface area (Å²) in [6.07, 6.45) is 4.88. The predicted molar refractivity (Wildman–Crippen MR) is 85.8 cm³/mol. The highest BCUT2D eigenvalue weighted by atomic mass is 32.3. The fourth-order valence-electron chi connectivity index (χ4n) is 3.17. The zero-order valence-corrected chi connectivity index (χ0v) is 13.3. The van der Waals surface area contributed by atoms with Crippen molar-refractivity contribution in [3.63, 3.8) is 0 Å². The Morgan fingerprint density at radius 2 is 1.21 bits per heavy atom. The summed E-state index contributed by atoms with van der Waals surface area (Å²) in [7, 11) is -0.879. The van der Waals surface area contributed by atoms with Gasteiger partial charge in [0.2, 0.25) is 0 Å². The molecule has 0 unspecified atom stereocenters. The lowest BCUT2D eigenvalue weighted by molar-refractivity contribution is 0.846. The maximum atomic E-state index is 2.44. The smallest absolute Gasteiger partial charge is 0.00822 e. The van der Waals surface area contributed by atoms with Gasteiger partial charge in [-0.15, -0.1) is 0 Å². The van der Waals surface area contributed by atoms with Crippen molar-refractivity contribution in [1.82, 2.24) is 0 Å². The van der Waals surface area contributed by atoms with Crippen molar-refractivity contribution in [2.24, 2.45) is 0 Å². The topological polar surface area (TPSA) is 0 Å². The summed E-state index contributed by atoms with van der Waals surface area (Å²) in [5, 5.41) is 0. The second kappa shape index (κ2) is 4.14. The van der Waals surface area contributed by atoms with Crippen molar-refractivity contribution < 1.29 is 0 Å². The van der Waals surface area contributed by atoms with E-state index in [1.807, 2.05) is 0 Å². The fourth-order valence-corrected chi connectivity index (χ4v) is 6.03. The molecule has 0 spiro atoms. The molecule has 0 bridgehead atoms. The molecule has 3 rings (SSSR count). The highest BCUT2D eigenvalue weighted by Gasteiger charge is 2.32. The summed E-state index contributed by atoms with van der Waals surface area (Å²) in [5.74, 6) is 0.520. The van der Waals surface area contributed by atoms with Gasteiger partial charge in [0.1, 0.15) is 0 Å². The average Bonchev–Trinajstić information content (AvgIpc) is 2.36. The van der Waals surface area contributed by atoms with E-state index < -0.39 is 10.0 Å². The van der Waals surface area contributed by atoms with Crippen LogP contribution in [0.5, 0.6) is 0 Å². The quantitative estimate of drug-likeness (QED) is 0.613. The normalized spacial score (nSPS) is 18.6. The summed E-state index contributed by atoms with van der Waals surface area (Å²) in [4.78, 5) is 3.16. The molecule has 1 heterocycles. The van der Waals surface area contributed by atoms with Crippen molar-refractivity contribution in [3.8, 4) is 0 Å². The van der Waals surface area contributed by atoms with Crippen LogP contribution in [0, 0.1) is 13.8 Å². The van der Waals surface area contributed by atoms with E-state index in [0.29, 0.717) is 5.92 Å². The lowest BCUT2D eigenvalue weighted by Gasteiger charge is -2.42. The van der Waals surface area contributed by atoms with Crippen LogP contribution in [0.4, 0.5) is 0 Å². The summed E-state index contributed by atoms with van der Waals surface area (Å²) in [5.41, 5.74) is 5.81. The van der Waals surface area contributed by atoms with Crippen LogP contribution >= 0.6 is 10.0 Å². The van der Waals surface area contributed by atoms with Crippen LogP contribution in [0.3, 0.4) is 0 Å². The molecule has 0 nitrogen and oxygen atoms in total. The molecule has 0 N–H and O–H groups in total. The van der Waals surface area contributed by atoms with E-state index >= 15 is 0 Å². The van der Waals surface area contributed by atoms with Crippen LogP contribution in [0.15, 0.2) is 46.2 Å². The standard InChI is InChI=1S/C18H22S/c1-12-6-8-15-14(3)16-9-7-13(2)11-18(16)19(4,5)17(15)10-12/h6-11,14H,1-5H3. The largest absolute Gasteiger partial charge is 0.193 e. The molecule has 1 aliphatic heterocycles. The number of aryl methyl sites for hydroxylation is 2. The van der Waals surface area contributed by atoms with E-state index in [0.717, 1.165) is 0 Å². The first-order chi connectivity index (χ1) is 8.91. The average molecular weight is 270 g/mol. The highest BCUT2D eigenvalue weighted by Crippen LogP contribution is 2.64. The Morgan fingerprint density at radius 1 is 0.789 bits per heavy atom. The molecule has 0 radical (unpaired) electrons. The minimum Gasteiger partial charge on any atom is -0.193 e. The molecule has 100 valence electrons. The third kappa shape index (κ3) is 1.83. The SMILES string of the molecule is Cc1ccc2c(c1)S(C)(C)c1cc(C)ccc1C2C. The first-order valence-electron chi connectivity index (χ1n) is 6.86. The van der Waals surface area contributed by atoms with Crippen LogP contribution in [-0.4, -0.2) is 12.5 Å². The number of hydrogen-bond donors (Lipinski definition) is 0. The number of fused-ring (bicyclic) bond motifs is 2. The van der Waals surface area contributed by atoms with Gasteiger partial charge < -0.3 is 0 Å². The van der Waals surface area contributed by atoms with E-state index in [2.05, 4.69) is 69.7 Å². The van der Waals surface area contributed by atoms with Gasteiger partial charge in [0.15, 0.2) is 0 Å². The van der Waals surface area contributed by atoms with Gasteiger partial charge in [0.25, 0.3) is 0 Å². The molecule has 0 atom stereocenters. The van der Waals surface area contributed by atoms with Gasteiger partial charge in [-0.25, -0.2) is 0 Å². The molecular weight excluding hydrogens is 248 g/mol. The van der Waals surface area contributed by atoms with Crippen LogP contribution in [0.1, 0.15) is 35.1 Å². The van der Waals surface area contributed by atoms with Gasteiger partial charge in [-0.3, -0.25) is 0 Å². The zero-order valence-electron chi connectivity index (χ0n) is 12.4. The van der Waals surface area contributed by atoms with E-state index in [-0.39, 0.29) is 0 Å². The summed E-state index contributed by atoms with van der Waals surface area (Å²) in [6.45, 7) is 6.75. The second-order valence-electron chi connectivity index (χ2n) is 6.13. The van der Waals surface area contributed by atoms with Crippen LogP contribution in [0.25, 0.3) is 0 Å². The summed E-state index contributed by atoms with van der Waals surface area (Å²) >= 11 is 0. The van der Waals surface area contributed by atoms with Crippen LogP contribution < -0.4 is 0 Å². The molecule has 2 aromatic rings. The van der Waals surface area contributed by atoms with E-state index in [1.54, 1.807) is 9.79 Å². The minimum absolute atomic E-state index is 0.520. The maximum Gasteiger partial charge on any atom is 0.00822 e. The lowest BCUT2D eigenvalue weighted by Crippen LogP contribution is -2.14. The van der Waals surface area contributed by atoms with Gasteiger partial charge in [0, 0.05) is 5.92 Å². The molecule has 0 saturated carbocycles. The van der Waals surface area contributed by atoms with E-state index in [1.165, 1.54) is 22.3 Å². The molecule has 2 aromatic carbocycles. The Kier molecular flexibility index (Phi) is 2.79. The fraction of sp³-hybridized carbons (Fsp3) is 0.333. The molecular formula is C18H22S. The van der Waals surface area contributed by atoms with Gasteiger partial charge in [-0.2, -0.15) is 10.0 Å². The van der Waals surface area contributed by atoms with E-state index in [4.69, 9.17) is 0 Å². The first-order valence-corrected chi connectivity index (χ1v) is 9.31. The van der Waals surface area contributed by atoms with E-state index in [9.17, 15) is 0 Å². The van der Waals surface area contributed by atoms with Crippen LogP contribution in [-0.2, 0) is 0 Å². The van der Waals surface area contributed by atoms with Crippen molar-refractivity contribution >= 4 is 10.0 Å². The van der Waals surface area contributed by atoms with Crippen molar-refractivity contribution in [2.75, 3.05) is 12.5 Å². The second-order valence-corrected chi connectivity index (χ2v) is 9.66. The van der Waals surface area contributed by atoms with Gasteiger partial charge in [-0.05, 0) is 59.4 Å². The molecule has 0 aliphatic carbocycles. The minimum atomic E-state index is -0.879. The Balaban J connectivity index is 2.33. The number of rotatable bonds is 0. The van der Waals surface area contributed by atoms with Gasteiger partial charge >= 0.3 is 0 Å². The first kappa shape index (κ1) is 12.8. The monoisotopic (exact) mass is 270 g/mol. The highest BCUT2D eigenvalue weighted by molar-refractivity contribution is 8.32. The molecule has 1 aliphatic rings. The molecule has 0 amide bonds. The lowest BCUT2D eigenvalue weighted by atomic mass is 9.91. The molecule has 0 saturated heterocycles. The Morgan fingerprint density at radius 3 is 1.63 bits per heavy atom. The van der Waals surface area contributed by atoms with Crippen molar-refractivity contribution in [3.05, 3.63) is 58.7 Å². The van der Waals surface area contributed by atoms with Crippen molar-refractivity contribution in [1.29, 1.82) is 0 Å². The van der Waals surface area contributed by atoms with Crippen LogP contribution in [0.2, 0.25) is 0 Å². The molecule has 1 heteroatoms. The van der Waals surface area contributed by atoms with Crippen molar-refractivity contribution in [2.45, 2.75) is 36.5 Å². The maximum absolute atomic E-state index is 2.44. The van der Waals surface area contributed by atoms with Gasteiger partial charge in [0.05, 0.1) is 0 Å². The number of hydrogen-bond acceptors (Lipinski definition) is 0. The summed E-state index contributed by atoms with van der Waals surface area (Å²) < 4.78 is 0. The Labute approximate surface area is 118 Å². The number of benzene rings is 2. The Hall–Kier alpha value is -1.21. The van der Waals surface area contributed by atoms with Gasteiger partial charge in [-0.1, -0.05) is 42.3 Å². The zero-order chi connectivity index (χ0) is 13.8. The third-order valence-corrected chi connectivity index (χ3v) is 7.28. The molecule has 19 heavy (non-hydrogen) atoms. The predicted octanol–water partition coefficient (Wildman–Crippen LogP) is 5.25. The third-order valence-electron chi connectivity index (χ3n) is 4.37. The Bertz CT molecular complexity index is 597. The molecule has 0 aromatic heterocycles. The molecule has 0 fully saturated rings.